The molecule has 2 atom stereocenters. The average Bonchev–Trinajstić information content (AvgIpc) is 2.33. The Morgan fingerprint density at radius 2 is 2.53 bits per heavy atom. The van der Waals surface area contributed by atoms with Crippen molar-refractivity contribution in [2.45, 2.75) is 12.1 Å². The summed E-state index contributed by atoms with van der Waals surface area (Å²) in [5.74, 6) is 2.11. The number of hydrogen-bond acceptors (Lipinski definition) is 5. The molecule has 1 N–H and O–H groups in total. The lowest BCUT2D eigenvalue weighted by molar-refractivity contribution is 0.0477. The second kappa shape index (κ2) is 5.44. The molecule has 1 fully saturated rings. The fourth-order valence-corrected chi connectivity index (χ4v) is 2.60. The first-order valence-electron chi connectivity index (χ1n) is 5.04. The summed E-state index contributed by atoms with van der Waals surface area (Å²) in [7, 11) is 1.93. The van der Waals surface area contributed by atoms with E-state index in [0.717, 1.165) is 23.8 Å². The number of nitrogens with one attached hydrogen (secondary N) is 1. The van der Waals surface area contributed by atoms with Gasteiger partial charge in [0.2, 0.25) is 0 Å². The quantitative estimate of drug-likeness (QED) is 0.827. The zero-order valence-electron chi connectivity index (χ0n) is 8.72. The van der Waals surface area contributed by atoms with Gasteiger partial charge in [-0.1, -0.05) is 0 Å². The maximum absolute atomic E-state index is 5.73. The van der Waals surface area contributed by atoms with E-state index in [1.165, 1.54) is 0 Å². The number of hydrogen-bond donors (Lipinski definition) is 1. The van der Waals surface area contributed by atoms with Crippen molar-refractivity contribution in [3.8, 4) is 0 Å². The summed E-state index contributed by atoms with van der Waals surface area (Å²) in [5, 5.41) is 3.25. The first-order valence-corrected chi connectivity index (χ1v) is 6.20. The van der Waals surface area contributed by atoms with Crippen LogP contribution in [0.25, 0.3) is 0 Å². The molecule has 82 valence electrons. The van der Waals surface area contributed by atoms with Crippen molar-refractivity contribution in [3.05, 3.63) is 24.3 Å². The lowest BCUT2D eigenvalue weighted by Gasteiger charge is -2.29. The number of nitrogens with zero attached hydrogens (tertiary/aromatic N) is 2. The molecular weight excluding hydrogens is 210 g/mol. The maximum atomic E-state index is 5.73. The van der Waals surface area contributed by atoms with Crippen LogP contribution in [0.5, 0.6) is 0 Å². The number of likely N-dealkylation sites (N-methyl/N-ethyl adjacent to an activating group) is 1. The molecule has 0 saturated carbocycles. The predicted molar refractivity (Wildman–Crippen MR) is 60.9 cm³/mol. The van der Waals surface area contributed by atoms with Gasteiger partial charge in [-0.2, -0.15) is 11.8 Å². The van der Waals surface area contributed by atoms with Crippen molar-refractivity contribution in [1.29, 1.82) is 0 Å². The Balaban J connectivity index is 2.09. The van der Waals surface area contributed by atoms with Crippen LogP contribution in [0, 0.1) is 0 Å². The van der Waals surface area contributed by atoms with Gasteiger partial charge < -0.3 is 10.1 Å². The zero-order chi connectivity index (χ0) is 10.5. The number of rotatable bonds is 3. The van der Waals surface area contributed by atoms with Crippen LogP contribution in [0.1, 0.15) is 11.7 Å². The number of aromatic nitrogens is 2. The summed E-state index contributed by atoms with van der Waals surface area (Å²) in [4.78, 5) is 8.39. The molecule has 1 aliphatic rings. The fraction of sp³-hybridized carbons (Fsp3) is 0.600. The van der Waals surface area contributed by atoms with E-state index < -0.39 is 0 Å². The van der Waals surface area contributed by atoms with Gasteiger partial charge in [-0.25, -0.2) is 0 Å². The van der Waals surface area contributed by atoms with Crippen molar-refractivity contribution < 1.29 is 4.74 Å². The molecule has 4 nitrogen and oxygen atoms in total. The lowest BCUT2D eigenvalue weighted by atomic mass is 10.1. The van der Waals surface area contributed by atoms with Gasteiger partial charge in [-0.15, -0.1) is 0 Å². The van der Waals surface area contributed by atoms with Gasteiger partial charge >= 0.3 is 0 Å². The molecule has 0 spiro atoms. The molecule has 0 amide bonds. The van der Waals surface area contributed by atoms with E-state index in [0.29, 0.717) is 0 Å². The van der Waals surface area contributed by atoms with Crippen LogP contribution in [0.15, 0.2) is 18.6 Å². The van der Waals surface area contributed by atoms with Crippen molar-refractivity contribution in [2.75, 3.05) is 25.2 Å². The van der Waals surface area contributed by atoms with Gasteiger partial charge in [-0.3, -0.25) is 9.97 Å². The molecule has 0 aliphatic carbocycles. The van der Waals surface area contributed by atoms with Crippen molar-refractivity contribution in [1.82, 2.24) is 15.3 Å². The normalized spacial score (nSPS) is 23.7. The second-order valence-corrected chi connectivity index (χ2v) is 4.53. The summed E-state index contributed by atoms with van der Waals surface area (Å²) in [6, 6.07) is 0.145. The number of thioether (sulfide) groups is 1. The zero-order valence-corrected chi connectivity index (χ0v) is 9.54. The van der Waals surface area contributed by atoms with E-state index in [-0.39, 0.29) is 12.1 Å². The van der Waals surface area contributed by atoms with Gasteiger partial charge in [0, 0.05) is 23.9 Å². The second-order valence-electron chi connectivity index (χ2n) is 3.38. The highest BCUT2D eigenvalue weighted by Crippen LogP contribution is 2.23. The van der Waals surface area contributed by atoms with E-state index >= 15 is 0 Å². The van der Waals surface area contributed by atoms with E-state index in [9.17, 15) is 0 Å². The highest BCUT2D eigenvalue weighted by molar-refractivity contribution is 7.99. The molecule has 15 heavy (non-hydrogen) atoms. The SMILES string of the molecule is CNC(c1cnccn1)C1CSCCO1. The molecule has 0 radical (unpaired) electrons. The summed E-state index contributed by atoms with van der Waals surface area (Å²) >= 11 is 1.93. The van der Waals surface area contributed by atoms with Crippen LogP contribution in [-0.4, -0.2) is 41.2 Å². The summed E-state index contributed by atoms with van der Waals surface area (Å²) in [5.41, 5.74) is 0.951. The molecular formula is C10H15N3OS. The van der Waals surface area contributed by atoms with Crippen LogP contribution in [0.3, 0.4) is 0 Å². The van der Waals surface area contributed by atoms with E-state index in [1.54, 1.807) is 18.6 Å². The van der Waals surface area contributed by atoms with Crippen LogP contribution in [0.2, 0.25) is 0 Å². The first-order chi connectivity index (χ1) is 7.42. The van der Waals surface area contributed by atoms with Crippen LogP contribution >= 0.6 is 11.8 Å². The minimum atomic E-state index is 0.145. The van der Waals surface area contributed by atoms with Crippen molar-refractivity contribution in [2.24, 2.45) is 0 Å². The Kier molecular flexibility index (Phi) is 3.94. The molecule has 2 heterocycles. The van der Waals surface area contributed by atoms with Gasteiger partial charge in [0.05, 0.1) is 30.6 Å². The van der Waals surface area contributed by atoms with Gasteiger partial charge in [0.15, 0.2) is 0 Å². The topological polar surface area (TPSA) is 47.0 Å². The molecule has 2 unspecified atom stereocenters. The van der Waals surface area contributed by atoms with Crippen LogP contribution in [0.4, 0.5) is 0 Å². The number of ether oxygens (including phenoxy) is 1. The largest absolute Gasteiger partial charge is 0.374 e. The lowest BCUT2D eigenvalue weighted by Crippen LogP contribution is -2.37. The minimum absolute atomic E-state index is 0.145. The standard InChI is InChI=1S/C10H15N3OS/c1-11-10(8-6-12-2-3-13-8)9-7-15-5-4-14-9/h2-3,6,9-11H,4-5,7H2,1H3. The highest BCUT2D eigenvalue weighted by atomic mass is 32.2. The Bertz CT molecular complexity index is 290. The Labute approximate surface area is 93.8 Å². The average molecular weight is 225 g/mol. The highest BCUT2D eigenvalue weighted by Gasteiger charge is 2.25. The molecule has 1 aliphatic heterocycles. The molecule has 5 heteroatoms. The predicted octanol–water partition coefficient (Wildman–Crippen LogP) is 0.869. The van der Waals surface area contributed by atoms with Crippen molar-refractivity contribution >= 4 is 11.8 Å². The Morgan fingerprint density at radius 3 is 3.13 bits per heavy atom. The van der Waals surface area contributed by atoms with E-state index in [2.05, 4.69) is 15.3 Å². The third-order valence-corrected chi connectivity index (χ3v) is 3.45. The summed E-state index contributed by atoms with van der Waals surface area (Å²) in [6.45, 7) is 0.827. The summed E-state index contributed by atoms with van der Waals surface area (Å²) in [6.07, 6.45) is 5.40. The molecule has 1 saturated heterocycles. The van der Waals surface area contributed by atoms with E-state index in [1.807, 2.05) is 18.8 Å². The monoisotopic (exact) mass is 225 g/mol. The van der Waals surface area contributed by atoms with Gasteiger partial charge in [-0.05, 0) is 7.05 Å². The van der Waals surface area contributed by atoms with Crippen molar-refractivity contribution in [3.63, 3.8) is 0 Å². The molecule has 0 bridgehead atoms. The third kappa shape index (κ3) is 2.68. The summed E-state index contributed by atoms with van der Waals surface area (Å²) < 4.78 is 5.73. The minimum Gasteiger partial charge on any atom is -0.374 e. The molecule has 1 aromatic rings. The van der Waals surface area contributed by atoms with Crippen LogP contribution < -0.4 is 5.32 Å². The van der Waals surface area contributed by atoms with Crippen LogP contribution in [-0.2, 0) is 4.74 Å². The smallest absolute Gasteiger partial charge is 0.0876 e. The Morgan fingerprint density at radius 1 is 1.60 bits per heavy atom. The third-order valence-electron chi connectivity index (χ3n) is 2.43. The Hall–Kier alpha value is -0.650. The van der Waals surface area contributed by atoms with Gasteiger partial charge in [0.1, 0.15) is 0 Å². The molecule has 2 rings (SSSR count). The van der Waals surface area contributed by atoms with Gasteiger partial charge in [0.25, 0.3) is 0 Å². The van der Waals surface area contributed by atoms with E-state index in [4.69, 9.17) is 4.74 Å². The maximum Gasteiger partial charge on any atom is 0.0876 e. The first kappa shape index (κ1) is 10.9. The fourth-order valence-electron chi connectivity index (χ4n) is 1.69. The molecule has 0 aromatic carbocycles. The molecule has 1 aromatic heterocycles.